The highest BCUT2D eigenvalue weighted by atomic mass is 35.5. The quantitative estimate of drug-likeness (QED) is 0.402. The van der Waals surface area contributed by atoms with Crippen molar-refractivity contribution in [1.29, 1.82) is 0 Å². The SMILES string of the molecule is O=C(Nc1c(-c2ccc3ccccc3c2)nc2ccccn12)c1ccccc1Cl. The molecule has 0 aliphatic heterocycles. The minimum absolute atomic E-state index is 0.275. The van der Waals surface area contributed by atoms with Gasteiger partial charge in [0.15, 0.2) is 0 Å². The first kappa shape index (κ1) is 17.5. The molecule has 0 aliphatic rings. The van der Waals surface area contributed by atoms with Gasteiger partial charge >= 0.3 is 0 Å². The smallest absolute Gasteiger partial charge is 0.258 e. The van der Waals surface area contributed by atoms with Crippen LogP contribution in [-0.4, -0.2) is 15.3 Å². The molecule has 140 valence electrons. The standard InChI is InChI=1S/C24H16ClN3O/c25-20-10-4-3-9-19(20)24(29)27-23-22(26-21-11-5-6-14-28(21)23)18-13-12-16-7-1-2-8-17(16)15-18/h1-15H,(H,27,29). The van der Waals surface area contributed by atoms with Gasteiger partial charge < -0.3 is 5.32 Å². The molecule has 5 heteroatoms. The number of aromatic nitrogens is 2. The molecule has 29 heavy (non-hydrogen) atoms. The van der Waals surface area contributed by atoms with Gasteiger partial charge in [0, 0.05) is 11.8 Å². The fourth-order valence-electron chi connectivity index (χ4n) is 3.47. The first-order chi connectivity index (χ1) is 14.2. The third-order valence-corrected chi connectivity index (χ3v) is 5.23. The lowest BCUT2D eigenvalue weighted by atomic mass is 10.0. The molecule has 4 nitrogen and oxygen atoms in total. The van der Waals surface area contributed by atoms with Crippen molar-refractivity contribution in [1.82, 2.24) is 9.38 Å². The van der Waals surface area contributed by atoms with Crippen LogP contribution < -0.4 is 5.32 Å². The summed E-state index contributed by atoms with van der Waals surface area (Å²) in [5, 5.41) is 5.69. The van der Waals surface area contributed by atoms with Crippen LogP contribution in [0.25, 0.3) is 27.7 Å². The first-order valence-corrected chi connectivity index (χ1v) is 9.61. The summed E-state index contributed by atoms with van der Waals surface area (Å²) < 4.78 is 1.87. The number of carbonyl (C=O) groups is 1. The van der Waals surface area contributed by atoms with Crippen LogP contribution in [-0.2, 0) is 0 Å². The largest absolute Gasteiger partial charge is 0.306 e. The van der Waals surface area contributed by atoms with Crippen molar-refractivity contribution in [2.45, 2.75) is 0 Å². The zero-order valence-corrected chi connectivity index (χ0v) is 16.1. The summed E-state index contributed by atoms with van der Waals surface area (Å²) in [5.41, 5.74) is 2.82. The molecular formula is C24H16ClN3O. The highest BCUT2D eigenvalue weighted by molar-refractivity contribution is 6.34. The van der Waals surface area contributed by atoms with E-state index in [1.54, 1.807) is 24.3 Å². The molecule has 0 aliphatic carbocycles. The second kappa shape index (κ2) is 7.08. The van der Waals surface area contributed by atoms with E-state index in [0.29, 0.717) is 22.1 Å². The molecule has 0 unspecified atom stereocenters. The molecule has 1 amide bonds. The van der Waals surface area contributed by atoms with Crippen LogP contribution in [0.4, 0.5) is 5.82 Å². The lowest BCUT2D eigenvalue weighted by Gasteiger charge is -2.09. The maximum absolute atomic E-state index is 12.9. The molecule has 5 aromatic rings. The number of nitrogens with zero attached hydrogens (tertiary/aromatic N) is 2. The molecule has 5 rings (SSSR count). The second-order valence-electron chi connectivity index (χ2n) is 6.73. The lowest BCUT2D eigenvalue weighted by molar-refractivity contribution is 0.102. The number of carbonyl (C=O) groups excluding carboxylic acids is 1. The van der Waals surface area contributed by atoms with E-state index < -0.39 is 0 Å². The van der Waals surface area contributed by atoms with Gasteiger partial charge in [-0.15, -0.1) is 0 Å². The van der Waals surface area contributed by atoms with E-state index in [-0.39, 0.29) is 5.91 Å². The van der Waals surface area contributed by atoms with Gasteiger partial charge in [0.25, 0.3) is 5.91 Å². The number of fused-ring (bicyclic) bond motifs is 2. The van der Waals surface area contributed by atoms with Crippen LogP contribution in [0.1, 0.15) is 10.4 Å². The predicted octanol–water partition coefficient (Wildman–Crippen LogP) is 6.06. The molecule has 0 bridgehead atoms. The van der Waals surface area contributed by atoms with Gasteiger partial charge in [-0.25, -0.2) is 4.98 Å². The normalized spacial score (nSPS) is 11.1. The topological polar surface area (TPSA) is 46.4 Å². The number of anilines is 1. The summed E-state index contributed by atoms with van der Waals surface area (Å²) in [6, 6.07) is 27.1. The van der Waals surface area contributed by atoms with Gasteiger partial charge in [0.1, 0.15) is 17.2 Å². The molecule has 0 radical (unpaired) electrons. The summed E-state index contributed by atoms with van der Waals surface area (Å²) in [5.74, 6) is 0.337. The number of amides is 1. The number of halogens is 1. The average Bonchev–Trinajstić information content (AvgIpc) is 3.12. The van der Waals surface area contributed by atoms with Crippen LogP contribution in [0, 0.1) is 0 Å². The third-order valence-electron chi connectivity index (χ3n) is 4.90. The van der Waals surface area contributed by atoms with E-state index in [1.807, 2.05) is 47.0 Å². The van der Waals surface area contributed by atoms with Crippen molar-refractivity contribution < 1.29 is 4.79 Å². The van der Waals surface area contributed by atoms with Crippen LogP contribution in [0.15, 0.2) is 91.1 Å². The van der Waals surface area contributed by atoms with Gasteiger partial charge in [-0.2, -0.15) is 0 Å². The summed E-state index contributed by atoms with van der Waals surface area (Å²) in [6.07, 6.45) is 1.88. The minimum atomic E-state index is -0.275. The number of rotatable bonds is 3. The molecule has 0 saturated heterocycles. The van der Waals surface area contributed by atoms with Crippen molar-refractivity contribution in [2.24, 2.45) is 0 Å². The molecular weight excluding hydrogens is 382 g/mol. The Hall–Kier alpha value is -3.63. The first-order valence-electron chi connectivity index (χ1n) is 9.23. The predicted molar refractivity (Wildman–Crippen MR) is 118 cm³/mol. The fourth-order valence-corrected chi connectivity index (χ4v) is 3.69. The van der Waals surface area contributed by atoms with Crippen molar-refractivity contribution in [3.8, 4) is 11.3 Å². The Bertz CT molecular complexity index is 1370. The fraction of sp³-hybridized carbons (Fsp3) is 0. The number of hydrogen-bond acceptors (Lipinski definition) is 2. The van der Waals surface area contributed by atoms with Gasteiger partial charge in [-0.05, 0) is 41.1 Å². The number of nitrogens with one attached hydrogen (secondary N) is 1. The van der Waals surface area contributed by atoms with Crippen LogP contribution in [0.5, 0.6) is 0 Å². The summed E-state index contributed by atoms with van der Waals surface area (Å²) in [7, 11) is 0. The van der Waals surface area contributed by atoms with E-state index in [9.17, 15) is 4.79 Å². The van der Waals surface area contributed by atoms with Gasteiger partial charge in [0.2, 0.25) is 0 Å². The number of hydrogen-bond donors (Lipinski definition) is 1. The number of benzene rings is 3. The Balaban J connectivity index is 1.66. The van der Waals surface area contributed by atoms with Crippen molar-refractivity contribution >= 4 is 39.7 Å². The summed E-state index contributed by atoms with van der Waals surface area (Å²) in [6.45, 7) is 0. The molecule has 0 atom stereocenters. The summed E-state index contributed by atoms with van der Waals surface area (Å²) in [4.78, 5) is 17.7. The Morgan fingerprint density at radius 3 is 2.48 bits per heavy atom. The maximum atomic E-state index is 12.9. The van der Waals surface area contributed by atoms with E-state index in [2.05, 4.69) is 29.6 Å². The molecule has 0 saturated carbocycles. The third kappa shape index (κ3) is 3.13. The van der Waals surface area contributed by atoms with Crippen molar-refractivity contribution in [3.05, 3.63) is 102 Å². The molecule has 0 fully saturated rings. The Morgan fingerprint density at radius 2 is 1.62 bits per heavy atom. The Morgan fingerprint density at radius 1 is 0.862 bits per heavy atom. The van der Waals surface area contributed by atoms with Crippen LogP contribution in [0.2, 0.25) is 5.02 Å². The average molecular weight is 398 g/mol. The van der Waals surface area contributed by atoms with Gasteiger partial charge in [0.05, 0.1) is 10.6 Å². The number of imidazole rings is 1. The van der Waals surface area contributed by atoms with Crippen LogP contribution >= 0.6 is 11.6 Å². The van der Waals surface area contributed by atoms with E-state index >= 15 is 0 Å². The second-order valence-corrected chi connectivity index (χ2v) is 7.14. The van der Waals surface area contributed by atoms with Gasteiger partial charge in [-0.3, -0.25) is 9.20 Å². The van der Waals surface area contributed by atoms with Gasteiger partial charge in [-0.1, -0.05) is 66.2 Å². The van der Waals surface area contributed by atoms with Crippen molar-refractivity contribution in [3.63, 3.8) is 0 Å². The molecule has 2 heterocycles. The highest BCUT2D eigenvalue weighted by Gasteiger charge is 2.18. The zero-order chi connectivity index (χ0) is 19.8. The van der Waals surface area contributed by atoms with Crippen molar-refractivity contribution in [2.75, 3.05) is 5.32 Å². The number of pyridine rings is 1. The molecule has 0 spiro atoms. The van der Waals surface area contributed by atoms with E-state index in [0.717, 1.165) is 22.0 Å². The lowest BCUT2D eigenvalue weighted by Crippen LogP contribution is -2.14. The molecule has 2 aromatic heterocycles. The highest BCUT2D eigenvalue weighted by Crippen LogP contribution is 2.31. The molecule has 3 aromatic carbocycles. The van der Waals surface area contributed by atoms with E-state index in [1.165, 1.54) is 0 Å². The Kier molecular flexibility index (Phi) is 4.26. The zero-order valence-electron chi connectivity index (χ0n) is 15.3. The minimum Gasteiger partial charge on any atom is -0.306 e. The molecule has 1 N–H and O–H groups in total. The monoisotopic (exact) mass is 397 g/mol. The summed E-state index contributed by atoms with van der Waals surface area (Å²) >= 11 is 6.22. The Labute approximate surface area is 172 Å². The maximum Gasteiger partial charge on any atom is 0.258 e. The van der Waals surface area contributed by atoms with E-state index in [4.69, 9.17) is 16.6 Å². The van der Waals surface area contributed by atoms with Crippen LogP contribution in [0.3, 0.4) is 0 Å².